The van der Waals surface area contributed by atoms with E-state index in [0.29, 0.717) is 16.5 Å². The zero-order valence-corrected chi connectivity index (χ0v) is 19.5. The van der Waals surface area contributed by atoms with Gasteiger partial charge in [0.05, 0.1) is 0 Å². The van der Waals surface area contributed by atoms with Crippen LogP contribution in [0.25, 0.3) is 0 Å². The van der Waals surface area contributed by atoms with Gasteiger partial charge in [-0.3, -0.25) is 10.3 Å². The molecule has 0 saturated heterocycles. The Balaban J connectivity index is 1.78. The molecule has 2 N–H and O–H groups in total. The predicted molar refractivity (Wildman–Crippen MR) is 128 cm³/mol. The Bertz CT molecular complexity index is 1100. The van der Waals surface area contributed by atoms with Crippen molar-refractivity contribution >= 4 is 44.8 Å². The van der Waals surface area contributed by atoms with Crippen LogP contribution in [0.4, 0.5) is 0 Å². The lowest BCUT2D eigenvalue weighted by atomic mass is 9.93. The van der Waals surface area contributed by atoms with Gasteiger partial charge in [-0.2, -0.15) is 0 Å². The van der Waals surface area contributed by atoms with Gasteiger partial charge in [0.25, 0.3) is 0 Å². The molecular weight excluding hydrogens is 483 g/mol. The molecule has 3 aromatic rings. The van der Waals surface area contributed by atoms with Crippen LogP contribution in [0, 0.1) is 0 Å². The zero-order valence-electron chi connectivity index (χ0n) is 16.4. The Kier molecular flexibility index (Phi) is 6.49. The minimum absolute atomic E-state index is 0.127. The molecule has 1 aliphatic rings. The fraction of sp³-hybridized carbons (Fsp3) is 0.208. The van der Waals surface area contributed by atoms with Crippen molar-refractivity contribution in [1.29, 1.82) is 0 Å². The zero-order chi connectivity index (χ0) is 21.3. The summed E-state index contributed by atoms with van der Waals surface area (Å²) in [5, 5.41) is 15.2. The first-order chi connectivity index (χ1) is 14.4. The second kappa shape index (κ2) is 9.11. The normalized spacial score (nSPS) is 18.9. The van der Waals surface area contributed by atoms with Crippen molar-refractivity contribution in [3.05, 3.63) is 97.4 Å². The van der Waals surface area contributed by atoms with E-state index in [9.17, 15) is 5.11 Å². The highest BCUT2D eigenvalue weighted by Gasteiger charge is 2.28. The lowest BCUT2D eigenvalue weighted by Gasteiger charge is -2.31. The second-order valence-corrected chi connectivity index (χ2v) is 9.08. The van der Waals surface area contributed by atoms with Crippen molar-refractivity contribution in [1.82, 2.24) is 5.32 Å². The number of hydrogen-bond donors (Lipinski definition) is 2. The van der Waals surface area contributed by atoms with Gasteiger partial charge in [0, 0.05) is 43.8 Å². The summed E-state index contributed by atoms with van der Waals surface area (Å²) in [5.41, 5.74) is 4.99. The summed E-state index contributed by atoms with van der Waals surface area (Å²) < 4.78 is 0.912. The first kappa shape index (κ1) is 21.4. The molecule has 0 spiro atoms. The largest absolute Gasteiger partial charge is 0.508 e. The van der Waals surface area contributed by atoms with Crippen molar-refractivity contribution in [2.75, 3.05) is 0 Å². The number of phenolic OH excluding ortho intramolecular Hbond substituents is 1. The molecular formula is C24H21BrCl2N2O. The maximum atomic E-state index is 10.5. The second-order valence-electron chi connectivity index (χ2n) is 7.32. The Hall–Kier alpha value is -1.85. The topological polar surface area (TPSA) is 44.6 Å². The summed E-state index contributed by atoms with van der Waals surface area (Å²) in [6.07, 6.45) is 1.29. The van der Waals surface area contributed by atoms with Crippen molar-refractivity contribution in [2.45, 2.75) is 32.0 Å². The molecule has 3 aromatic carbocycles. The van der Waals surface area contributed by atoms with E-state index in [1.165, 1.54) is 5.56 Å². The Morgan fingerprint density at radius 3 is 2.50 bits per heavy atom. The van der Waals surface area contributed by atoms with Gasteiger partial charge in [0.15, 0.2) is 0 Å². The van der Waals surface area contributed by atoms with Crippen molar-refractivity contribution < 1.29 is 5.11 Å². The third-order valence-corrected chi connectivity index (χ3v) is 6.41. The smallest absolute Gasteiger partial charge is 0.127 e. The molecule has 154 valence electrons. The van der Waals surface area contributed by atoms with E-state index >= 15 is 0 Å². The highest BCUT2D eigenvalue weighted by Crippen LogP contribution is 2.37. The number of aliphatic imine (C=N–C) groups is 1. The van der Waals surface area contributed by atoms with Crippen LogP contribution in [-0.4, -0.2) is 10.8 Å². The first-order valence-corrected chi connectivity index (χ1v) is 11.3. The number of halogens is 3. The average molecular weight is 504 g/mol. The SMILES string of the molecule is CCc1ccc(C2=N[C@H](c3ccc(Cl)cc3Cl)N[C@H](c3cc(Br)ccc3O)C2)cc1. The van der Waals surface area contributed by atoms with Crippen LogP contribution in [0.2, 0.25) is 10.0 Å². The van der Waals surface area contributed by atoms with Crippen LogP contribution >= 0.6 is 39.1 Å². The molecule has 0 aliphatic carbocycles. The molecule has 0 bridgehead atoms. The number of aryl methyl sites for hydroxylation is 1. The van der Waals surface area contributed by atoms with E-state index in [-0.39, 0.29) is 18.0 Å². The Morgan fingerprint density at radius 1 is 1.03 bits per heavy atom. The molecule has 0 fully saturated rings. The summed E-state index contributed by atoms with van der Waals surface area (Å²) in [4.78, 5) is 4.98. The number of nitrogens with zero attached hydrogens (tertiary/aromatic N) is 1. The van der Waals surface area contributed by atoms with E-state index in [4.69, 9.17) is 28.2 Å². The van der Waals surface area contributed by atoms with Gasteiger partial charge in [0.1, 0.15) is 11.9 Å². The first-order valence-electron chi connectivity index (χ1n) is 9.80. The Labute approximate surface area is 194 Å². The van der Waals surface area contributed by atoms with Crippen LogP contribution in [0.5, 0.6) is 5.75 Å². The van der Waals surface area contributed by atoms with Gasteiger partial charge in [-0.25, -0.2) is 0 Å². The number of nitrogens with one attached hydrogen (secondary N) is 1. The summed E-state index contributed by atoms with van der Waals surface area (Å²) in [5.74, 6) is 0.249. The highest BCUT2D eigenvalue weighted by atomic mass is 79.9. The number of aromatic hydroxyl groups is 1. The number of hydrogen-bond acceptors (Lipinski definition) is 3. The fourth-order valence-electron chi connectivity index (χ4n) is 3.70. The molecule has 3 nitrogen and oxygen atoms in total. The van der Waals surface area contributed by atoms with E-state index in [2.05, 4.69) is 52.4 Å². The quantitative estimate of drug-likeness (QED) is 0.393. The van der Waals surface area contributed by atoms with Crippen LogP contribution < -0.4 is 5.32 Å². The maximum Gasteiger partial charge on any atom is 0.127 e. The van der Waals surface area contributed by atoms with Crippen LogP contribution in [0.1, 0.15) is 47.8 Å². The molecule has 1 heterocycles. The number of benzene rings is 3. The molecule has 30 heavy (non-hydrogen) atoms. The summed E-state index contributed by atoms with van der Waals surface area (Å²) >= 11 is 16.1. The van der Waals surface area contributed by atoms with E-state index in [0.717, 1.165) is 33.3 Å². The van der Waals surface area contributed by atoms with E-state index in [1.54, 1.807) is 12.1 Å². The maximum absolute atomic E-state index is 10.5. The minimum atomic E-state index is -0.354. The lowest BCUT2D eigenvalue weighted by molar-refractivity contribution is 0.412. The Morgan fingerprint density at radius 2 is 1.80 bits per heavy atom. The van der Waals surface area contributed by atoms with E-state index in [1.807, 2.05) is 24.3 Å². The highest BCUT2D eigenvalue weighted by molar-refractivity contribution is 9.10. The van der Waals surface area contributed by atoms with Crippen molar-refractivity contribution in [3.63, 3.8) is 0 Å². The standard InChI is InChI=1S/C24H21BrCl2N2O/c1-2-14-3-5-15(6-4-14)21-13-22(19-11-16(25)7-10-23(19)30)29-24(28-21)18-9-8-17(26)12-20(18)27/h3-12,22,24,29-30H,2,13H2,1H3/t22-,24-/m0/s1. The van der Waals surface area contributed by atoms with Gasteiger partial charge >= 0.3 is 0 Å². The number of rotatable bonds is 4. The van der Waals surface area contributed by atoms with Gasteiger partial charge in [-0.1, -0.05) is 76.4 Å². The molecule has 0 radical (unpaired) electrons. The third-order valence-electron chi connectivity index (χ3n) is 5.36. The van der Waals surface area contributed by atoms with Crippen LogP contribution in [0.15, 0.2) is 70.1 Å². The molecule has 6 heteroatoms. The van der Waals surface area contributed by atoms with Crippen molar-refractivity contribution in [2.24, 2.45) is 4.99 Å². The monoisotopic (exact) mass is 502 g/mol. The molecule has 0 aromatic heterocycles. The third kappa shape index (κ3) is 4.57. The van der Waals surface area contributed by atoms with Gasteiger partial charge < -0.3 is 5.11 Å². The van der Waals surface area contributed by atoms with Crippen LogP contribution in [0.3, 0.4) is 0 Å². The molecule has 0 saturated carbocycles. The molecule has 1 aliphatic heterocycles. The molecule has 0 unspecified atom stereocenters. The van der Waals surface area contributed by atoms with E-state index < -0.39 is 0 Å². The summed E-state index contributed by atoms with van der Waals surface area (Å²) in [6, 6.07) is 19.3. The molecule has 2 atom stereocenters. The summed E-state index contributed by atoms with van der Waals surface area (Å²) in [7, 11) is 0. The fourth-order valence-corrected chi connectivity index (χ4v) is 4.59. The average Bonchev–Trinajstić information content (AvgIpc) is 2.75. The number of phenols is 1. The summed E-state index contributed by atoms with van der Waals surface area (Å²) in [6.45, 7) is 2.14. The predicted octanol–water partition coefficient (Wildman–Crippen LogP) is 7.25. The van der Waals surface area contributed by atoms with Crippen LogP contribution in [-0.2, 0) is 6.42 Å². The molecule has 4 rings (SSSR count). The molecule has 0 amide bonds. The van der Waals surface area contributed by atoms with Gasteiger partial charge in [-0.15, -0.1) is 0 Å². The van der Waals surface area contributed by atoms with Gasteiger partial charge in [0.2, 0.25) is 0 Å². The minimum Gasteiger partial charge on any atom is -0.508 e. The van der Waals surface area contributed by atoms with Gasteiger partial charge in [-0.05, 0) is 47.9 Å². The lowest BCUT2D eigenvalue weighted by Crippen LogP contribution is -2.33. The van der Waals surface area contributed by atoms with Crippen molar-refractivity contribution in [3.8, 4) is 5.75 Å².